The molecule has 1 unspecified atom stereocenters. The first kappa shape index (κ1) is 13.4. The van der Waals surface area contributed by atoms with Gasteiger partial charge in [-0.3, -0.25) is 4.79 Å². The lowest BCUT2D eigenvalue weighted by Crippen LogP contribution is -2.52. The maximum absolute atomic E-state index is 11.5. The molecule has 0 saturated heterocycles. The molecule has 0 aliphatic carbocycles. The van der Waals surface area contributed by atoms with Crippen molar-refractivity contribution in [2.24, 2.45) is 5.73 Å². The molecule has 84 valence electrons. The number of nitrogens with two attached hydrogens (primary N) is 1. The third-order valence-corrected chi connectivity index (χ3v) is 1.76. The monoisotopic (exact) mass is 204 g/mol. The average Bonchev–Trinajstić information content (AvgIpc) is 2.04. The molecule has 0 heterocycles. The molecule has 1 atom stereocenters. The molecule has 0 fully saturated rings. The molecule has 3 N–H and O–H groups in total. The Hall–Kier alpha value is -0.650. The lowest BCUT2D eigenvalue weighted by Gasteiger charge is -2.27. The van der Waals surface area contributed by atoms with Gasteiger partial charge in [0.2, 0.25) is 0 Å². The van der Waals surface area contributed by atoms with Crippen LogP contribution in [-0.2, 0) is 14.3 Å². The molecule has 0 saturated carbocycles. The lowest BCUT2D eigenvalue weighted by atomic mass is 10.1. The van der Waals surface area contributed by atoms with E-state index in [2.05, 4.69) is 5.32 Å². The Kier molecular flexibility index (Phi) is 5.68. The predicted molar refractivity (Wildman–Crippen MR) is 53.9 cm³/mol. The molecule has 14 heavy (non-hydrogen) atoms. The van der Waals surface area contributed by atoms with Gasteiger partial charge in [0.25, 0.3) is 5.91 Å². The predicted octanol–water partition coefficient (Wildman–Crippen LogP) is -0.499. The van der Waals surface area contributed by atoms with E-state index in [1.54, 1.807) is 7.11 Å². The van der Waals surface area contributed by atoms with E-state index in [9.17, 15) is 4.79 Å². The van der Waals surface area contributed by atoms with Crippen LogP contribution in [0.25, 0.3) is 0 Å². The van der Waals surface area contributed by atoms with Gasteiger partial charge < -0.3 is 20.5 Å². The molecule has 0 aliphatic heterocycles. The third-order valence-electron chi connectivity index (χ3n) is 1.76. The maximum Gasteiger partial charge on any atom is 0.250 e. The molecule has 0 rings (SSSR count). The molecule has 0 aromatic heterocycles. The first-order valence-corrected chi connectivity index (χ1v) is 4.50. The van der Waals surface area contributed by atoms with E-state index < -0.39 is 11.6 Å². The highest BCUT2D eigenvalue weighted by atomic mass is 16.5. The van der Waals surface area contributed by atoms with Crippen LogP contribution in [0, 0.1) is 0 Å². The van der Waals surface area contributed by atoms with Gasteiger partial charge in [0.05, 0.1) is 12.1 Å². The second kappa shape index (κ2) is 5.95. The summed E-state index contributed by atoms with van der Waals surface area (Å²) in [5, 5.41) is 2.79. The van der Waals surface area contributed by atoms with E-state index in [0.717, 1.165) is 0 Å². The van der Waals surface area contributed by atoms with Crippen molar-refractivity contribution in [3.8, 4) is 0 Å². The van der Waals surface area contributed by atoms with E-state index in [-0.39, 0.29) is 12.5 Å². The van der Waals surface area contributed by atoms with Crippen molar-refractivity contribution in [3.63, 3.8) is 0 Å². The number of carbonyl (C=O) groups is 1. The minimum atomic E-state index is -0.592. The summed E-state index contributed by atoms with van der Waals surface area (Å²) in [6.07, 6.45) is -0.592. The molecule has 0 aromatic carbocycles. The zero-order valence-corrected chi connectivity index (χ0v) is 9.29. The van der Waals surface area contributed by atoms with Crippen molar-refractivity contribution in [2.75, 3.05) is 27.4 Å². The van der Waals surface area contributed by atoms with Crippen molar-refractivity contribution in [3.05, 3.63) is 0 Å². The van der Waals surface area contributed by atoms with Crippen molar-refractivity contribution >= 4 is 5.91 Å². The van der Waals surface area contributed by atoms with Gasteiger partial charge >= 0.3 is 0 Å². The highest BCUT2D eigenvalue weighted by Crippen LogP contribution is 2.03. The number of ether oxygens (including phenoxy) is 2. The summed E-state index contributed by atoms with van der Waals surface area (Å²) in [6.45, 7) is 4.36. The molecule has 5 nitrogen and oxygen atoms in total. The van der Waals surface area contributed by atoms with Crippen molar-refractivity contribution in [1.29, 1.82) is 0 Å². The summed E-state index contributed by atoms with van der Waals surface area (Å²) in [5.41, 5.74) is 4.95. The SMILES string of the molecule is COCC(C)(C)NC(=O)C(CN)OC. The standard InChI is InChI=1S/C9H20N2O3/c1-9(2,6-13-3)11-8(12)7(5-10)14-4/h7H,5-6,10H2,1-4H3,(H,11,12). The van der Waals surface area contributed by atoms with Crippen LogP contribution in [0.15, 0.2) is 0 Å². The van der Waals surface area contributed by atoms with Gasteiger partial charge in [-0.05, 0) is 13.8 Å². The Morgan fingerprint density at radius 1 is 1.50 bits per heavy atom. The highest BCUT2D eigenvalue weighted by Gasteiger charge is 2.24. The van der Waals surface area contributed by atoms with Crippen LogP contribution in [0.4, 0.5) is 0 Å². The average molecular weight is 204 g/mol. The van der Waals surface area contributed by atoms with Crippen LogP contribution in [0.1, 0.15) is 13.8 Å². The Morgan fingerprint density at radius 2 is 2.07 bits per heavy atom. The van der Waals surface area contributed by atoms with Gasteiger partial charge in [-0.2, -0.15) is 0 Å². The van der Waals surface area contributed by atoms with Crippen LogP contribution in [0.5, 0.6) is 0 Å². The molecule has 1 amide bonds. The first-order valence-electron chi connectivity index (χ1n) is 4.50. The number of rotatable bonds is 6. The molecular formula is C9H20N2O3. The van der Waals surface area contributed by atoms with Gasteiger partial charge in [0.1, 0.15) is 6.10 Å². The van der Waals surface area contributed by atoms with E-state index in [1.807, 2.05) is 13.8 Å². The largest absolute Gasteiger partial charge is 0.382 e. The summed E-state index contributed by atoms with van der Waals surface area (Å²) in [4.78, 5) is 11.5. The fourth-order valence-electron chi connectivity index (χ4n) is 1.12. The summed E-state index contributed by atoms with van der Waals surface area (Å²) in [7, 11) is 3.05. The molecular weight excluding hydrogens is 184 g/mol. The quantitative estimate of drug-likeness (QED) is 0.612. The highest BCUT2D eigenvalue weighted by molar-refractivity contribution is 5.81. The van der Waals surface area contributed by atoms with Crippen LogP contribution in [-0.4, -0.2) is 44.9 Å². The smallest absolute Gasteiger partial charge is 0.250 e. The minimum absolute atomic E-state index is 0.172. The summed E-state index contributed by atoms with van der Waals surface area (Å²) in [6, 6.07) is 0. The second-order valence-corrected chi connectivity index (χ2v) is 3.77. The Bertz CT molecular complexity index is 179. The van der Waals surface area contributed by atoms with E-state index in [1.165, 1.54) is 7.11 Å². The van der Waals surface area contributed by atoms with Crippen LogP contribution < -0.4 is 11.1 Å². The van der Waals surface area contributed by atoms with Crippen molar-refractivity contribution in [1.82, 2.24) is 5.32 Å². The summed E-state index contributed by atoms with van der Waals surface area (Å²) >= 11 is 0. The topological polar surface area (TPSA) is 73.6 Å². The molecule has 0 aromatic rings. The van der Waals surface area contributed by atoms with E-state index in [4.69, 9.17) is 15.2 Å². The van der Waals surface area contributed by atoms with Gasteiger partial charge in [-0.25, -0.2) is 0 Å². The Morgan fingerprint density at radius 3 is 2.43 bits per heavy atom. The van der Waals surface area contributed by atoms with Gasteiger partial charge in [-0.1, -0.05) is 0 Å². The minimum Gasteiger partial charge on any atom is -0.382 e. The molecule has 0 spiro atoms. The zero-order valence-electron chi connectivity index (χ0n) is 9.29. The fourth-order valence-corrected chi connectivity index (χ4v) is 1.12. The number of nitrogens with one attached hydrogen (secondary N) is 1. The summed E-state index contributed by atoms with van der Waals surface area (Å²) < 4.78 is 9.88. The van der Waals surface area contributed by atoms with E-state index >= 15 is 0 Å². The lowest BCUT2D eigenvalue weighted by molar-refractivity contribution is -0.132. The number of hydrogen-bond donors (Lipinski definition) is 2. The van der Waals surface area contributed by atoms with Crippen LogP contribution in [0.2, 0.25) is 0 Å². The summed E-state index contributed by atoms with van der Waals surface area (Å²) in [5.74, 6) is -0.211. The Labute approximate surface area is 84.9 Å². The van der Waals surface area contributed by atoms with Crippen molar-refractivity contribution < 1.29 is 14.3 Å². The van der Waals surface area contributed by atoms with E-state index in [0.29, 0.717) is 6.61 Å². The maximum atomic E-state index is 11.5. The first-order chi connectivity index (χ1) is 6.46. The van der Waals surface area contributed by atoms with Crippen molar-refractivity contribution in [2.45, 2.75) is 25.5 Å². The van der Waals surface area contributed by atoms with Gasteiger partial charge in [-0.15, -0.1) is 0 Å². The molecule has 5 heteroatoms. The number of hydrogen-bond acceptors (Lipinski definition) is 4. The van der Waals surface area contributed by atoms with Crippen LogP contribution >= 0.6 is 0 Å². The Balaban J connectivity index is 4.15. The second-order valence-electron chi connectivity index (χ2n) is 3.77. The normalized spacial score (nSPS) is 13.8. The number of methoxy groups -OCH3 is 2. The third kappa shape index (κ3) is 4.55. The van der Waals surface area contributed by atoms with Crippen LogP contribution in [0.3, 0.4) is 0 Å². The molecule has 0 radical (unpaired) electrons. The number of amides is 1. The van der Waals surface area contributed by atoms with Gasteiger partial charge in [0, 0.05) is 20.8 Å². The fraction of sp³-hybridized carbons (Fsp3) is 0.889. The molecule has 0 bridgehead atoms. The zero-order chi connectivity index (χ0) is 11.2. The van der Waals surface area contributed by atoms with Gasteiger partial charge in [0.15, 0.2) is 0 Å². The molecule has 0 aliphatic rings. The number of carbonyl (C=O) groups excluding carboxylic acids is 1.